The van der Waals surface area contributed by atoms with Crippen LogP contribution in [-0.4, -0.2) is 24.4 Å². The SMILES string of the molecule is C#Cc1cccc(NC(=O)CNC(=O)N[C@H](C)c2cccc(NC(C)=O)c2)c1. The summed E-state index contributed by atoms with van der Waals surface area (Å²) in [7, 11) is 0. The van der Waals surface area contributed by atoms with Gasteiger partial charge in [-0.15, -0.1) is 6.42 Å². The molecule has 2 aromatic carbocycles. The maximum Gasteiger partial charge on any atom is 0.315 e. The Hall–Kier alpha value is -3.79. The number of carbonyl (C=O) groups is 3. The van der Waals surface area contributed by atoms with E-state index in [4.69, 9.17) is 6.42 Å². The van der Waals surface area contributed by atoms with Crippen LogP contribution in [0.5, 0.6) is 0 Å². The molecule has 4 N–H and O–H groups in total. The summed E-state index contributed by atoms with van der Waals surface area (Å²) in [5, 5.41) is 10.6. The molecule has 1 atom stereocenters. The van der Waals surface area contributed by atoms with E-state index in [0.717, 1.165) is 5.56 Å². The molecule has 144 valence electrons. The minimum Gasteiger partial charge on any atom is -0.332 e. The van der Waals surface area contributed by atoms with E-state index in [2.05, 4.69) is 27.2 Å². The lowest BCUT2D eigenvalue weighted by Gasteiger charge is -2.16. The van der Waals surface area contributed by atoms with Crippen LogP contribution in [0, 0.1) is 12.3 Å². The van der Waals surface area contributed by atoms with Crippen molar-refractivity contribution in [3.63, 3.8) is 0 Å². The highest BCUT2D eigenvalue weighted by atomic mass is 16.2. The van der Waals surface area contributed by atoms with Crippen LogP contribution in [0.25, 0.3) is 0 Å². The van der Waals surface area contributed by atoms with Gasteiger partial charge in [0.2, 0.25) is 11.8 Å². The van der Waals surface area contributed by atoms with Gasteiger partial charge in [0, 0.05) is 23.9 Å². The molecule has 2 rings (SSSR count). The zero-order valence-corrected chi connectivity index (χ0v) is 15.7. The Labute approximate surface area is 163 Å². The molecule has 0 fully saturated rings. The van der Waals surface area contributed by atoms with E-state index < -0.39 is 6.03 Å². The van der Waals surface area contributed by atoms with Crippen molar-refractivity contribution in [3.05, 3.63) is 59.7 Å². The largest absolute Gasteiger partial charge is 0.332 e. The Kier molecular flexibility index (Phi) is 7.17. The Morgan fingerprint density at radius 2 is 1.71 bits per heavy atom. The summed E-state index contributed by atoms with van der Waals surface area (Å²) in [6.07, 6.45) is 5.33. The lowest BCUT2D eigenvalue weighted by molar-refractivity contribution is -0.115. The number of nitrogens with one attached hydrogen (secondary N) is 4. The lowest BCUT2D eigenvalue weighted by atomic mass is 10.1. The number of amides is 4. The first-order valence-corrected chi connectivity index (χ1v) is 8.66. The van der Waals surface area contributed by atoms with Crippen molar-refractivity contribution >= 4 is 29.2 Å². The van der Waals surface area contributed by atoms with Gasteiger partial charge >= 0.3 is 6.03 Å². The first-order valence-electron chi connectivity index (χ1n) is 8.66. The fourth-order valence-electron chi connectivity index (χ4n) is 2.47. The van der Waals surface area contributed by atoms with Crippen molar-refractivity contribution < 1.29 is 14.4 Å². The molecule has 28 heavy (non-hydrogen) atoms. The second kappa shape index (κ2) is 9.78. The summed E-state index contributed by atoms with van der Waals surface area (Å²) in [5.74, 6) is 1.95. The zero-order chi connectivity index (χ0) is 20.5. The molecule has 0 aromatic heterocycles. The van der Waals surface area contributed by atoms with Crippen molar-refractivity contribution in [1.82, 2.24) is 10.6 Å². The summed E-state index contributed by atoms with van der Waals surface area (Å²) >= 11 is 0. The van der Waals surface area contributed by atoms with Crippen LogP contribution >= 0.6 is 0 Å². The minimum atomic E-state index is -0.482. The van der Waals surface area contributed by atoms with Gasteiger partial charge in [0.05, 0.1) is 12.6 Å². The van der Waals surface area contributed by atoms with E-state index in [0.29, 0.717) is 16.9 Å². The Morgan fingerprint density at radius 3 is 2.39 bits per heavy atom. The third kappa shape index (κ3) is 6.50. The summed E-state index contributed by atoms with van der Waals surface area (Å²) in [4.78, 5) is 35.2. The summed E-state index contributed by atoms with van der Waals surface area (Å²) in [6.45, 7) is 3.04. The van der Waals surface area contributed by atoms with Crippen molar-refractivity contribution in [3.8, 4) is 12.3 Å². The average molecular weight is 378 g/mol. The predicted molar refractivity (Wildman–Crippen MR) is 109 cm³/mol. The Morgan fingerprint density at radius 1 is 1.04 bits per heavy atom. The highest BCUT2D eigenvalue weighted by Crippen LogP contribution is 2.17. The number of rotatable bonds is 6. The molecule has 0 bridgehead atoms. The van der Waals surface area contributed by atoms with Gasteiger partial charge in [0.15, 0.2) is 0 Å². The molecule has 0 aliphatic heterocycles. The van der Waals surface area contributed by atoms with Gasteiger partial charge in [0.25, 0.3) is 0 Å². The zero-order valence-electron chi connectivity index (χ0n) is 15.7. The standard InChI is InChI=1S/C21H22N4O3/c1-4-16-7-5-9-18(11-16)25-20(27)13-22-21(28)23-14(2)17-8-6-10-19(12-17)24-15(3)26/h1,5-12,14H,13H2,2-3H3,(H,24,26)(H,25,27)(H2,22,23,28)/t14-/m1/s1. The second-order valence-corrected chi connectivity index (χ2v) is 6.13. The number of urea groups is 1. The van der Waals surface area contributed by atoms with E-state index in [-0.39, 0.29) is 24.4 Å². The van der Waals surface area contributed by atoms with Crippen LogP contribution in [0.1, 0.15) is 31.0 Å². The molecule has 4 amide bonds. The molecule has 7 heteroatoms. The van der Waals surface area contributed by atoms with Crippen LogP contribution < -0.4 is 21.3 Å². The highest BCUT2D eigenvalue weighted by Gasteiger charge is 2.11. The smallest absolute Gasteiger partial charge is 0.315 e. The summed E-state index contributed by atoms with van der Waals surface area (Å²) < 4.78 is 0. The topological polar surface area (TPSA) is 99.3 Å². The highest BCUT2D eigenvalue weighted by molar-refractivity contribution is 5.94. The van der Waals surface area contributed by atoms with Gasteiger partial charge in [-0.25, -0.2) is 4.79 Å². The van der Waals surface area contributed by atoms with Crippen molar-refractivity contribution in [2.24, 2.45) is 0 Å². The molecule has 0 heterocycles. The fraction of sp³-hybridized carbons (Fsp3) is 0.190. The first kappa shape index (κ1) is 20.5. The quantitative estimate of drug-likeness (QED) is 0.582. The fourth-order valence-corrected chi connectivity index (χ4v) is 2.47. The molecule has 0 radical (unpaired) electrons. The van der Waals surface area contributed by atoms with Gasteiger partial charge in [-0.2, -0.15) is 0 Å². The van der Waals surface area contributed by atoms with Gasteiger partial charge in [-0.3, -0.25) is 9.59 Å². The molecule has 0 aliphatic carbocycles. The minimum absolute atomic E-state index is 0.172. The van der Waals surface area contributed by atoms with Crippen molar-refractivity contribution in [2.75, 3.05) is 17.2 Å². The van der Waals surface area contributed by atoms with Gasteiger partial charge < -0.3 is 21.3 Å². The normalized spacial score (nSPS) is 10.9. The number of benzene rings is 2. The summed E-state index contributed by atoms with van der Waals surface area (Å²) in [6, 6.07) is 13.2. The molecule has 0 unspecified atom stereocenters. The van der Waals surface area contributed by atoms with Crippen LogP contribution in [0.15, 0.2) is 48.5 Å². The maximum absolute atomic E-state index is 12.0. The third-order valence-corrected chi connectivity index (χ3v) is 3.78. The maximum atomic E-state index is 12.0. The molecule has 0 spiro atoms. The molecule has 0 aliphatic rings. The van der Waals surface area contributed by atoms with Crippen molar-refractivity contribution in [1.29, 1.82) is 0 Å². The number of carbonyl (C=O) groups excluding carboxylic acids is 3. The van der Waals surface area contributed by atoms with Gasteiger partial charge in [-0.1, -0.05) is 24.1 Å². The van der Waals surface area contributed by atoms with E-state index >= 15 is 0 Å². The first-order chi connectivity index (χ1) is 13.4. The average Bonchev–Trinajstić information content (AvgIpc) is 2.66. The van der Waals surface area contributed by atoms with Gasteiger partial charge in [-0.05, 0) is 42.8 Å². The Balaban J connectivity index is 1.83. The van der Waals surface area contributed by atoms with E-state index in [1.54, 1.807) is 49.4 Å². The van der Waals surface area contributed by atoms with E-state index in [9.17, 15) is 14.4 Å². The Bertz CT molecular complexity index is 918. The van der Waals surface area contributed by atoms with Crippen LogP contribution in [-0.2, 0) is 9.59 Å². The lowest BCUT2D eigenvalue weighted by Crippen LogP contribution is -2.41. The van der Waals surface area contributed by atoms with Crippen LogP contribution in [0.4, 0.5) is 16.2 Å². The molecular formula is C21H22N4O3. The molecular weight excluding hydrogens is 356 g/mol. The molecule has 7 nitrogen and oxygen atoms in total. The number of hydrogen-bond acceptors (Lipinski definition) is 3. The third-order valence-electron chi connectivity index (χ3n) is 3.78. The monoisotopic (exact) mass is 378 g/mol. The summed E-state index contributed by atoms with van der Waals surface area (Å²) in [5.41, 5.74) is 2.68. The molecule has 2 aromatic rings. The second-order valence-electron chi connectivity index (χ2n) is 6.13. The van der Waals surface area contributed by atoms with Crippen LogP contribution in [0.2, 0.25) is 0 Å². The van der Waals surface area contributed by atoms with E-state index in [1.165, 1.54) is 6.92 Å². The molecule has 0 saturated carbocycles. The van der Waals surface area contributed by atoms with Gasteiger partial charge in [0.1, 0.15) is 0 Å². The van der Waals surface area contributed by atoms with E-state index in [1.807, 2.05) is 6.07 Å². The number of hydrogen-bond donors (Lipinski definition) is 4. The number of terminal acetylenes is 1. The van der Waals surface area contributed by atoms with Crippen LogP contribution in [0.3, 0.4) is 0 Å². The molecule has 0 saturated heterocycles. The number of anilines is 2. The van der Waals surface area contributed by atoms with Crippen molar-refractivity contribution in [2.45, 2.75) is 19.9 Å². The predicted octanol–water partition coefficient (Wildman–Crippen LogP) is 2.63.